The molecule has 0 amide bonds. The summed E-state index contributed by atoms with van der Waals surface area (Å²) in [7, 11) is 3.56. The highest BCUT2D eigenvalue weighted by atomic mass is 16.5. The van der Waals surface area contributed by atoms with E-state index in [1.807, 2.05) is 43.7 Å². The van der Waals surface area contributed by atoms with Crippen molar-refractivity contribution in [2.75, 3.05) is 7.11 Å². The molecule has 0 saturated carbocycles. The number of ether oxygens (including phenoxy) is 1. The van der Waals surface area contributed by atoms with Crippen molar-refractivity contribution in [2.24, 2.45) is 12.9 Å². The van der Waals surface area contributed by atoms with E-state index in [0.29, 0.717) is 0 Å². The molecule has 1 unspecified atom stereocenters. The summed E-state index contributed by atoms with van der Waals surface area (Å²) in [4.78, 5) is 0. The van der Waals surface area contributed by atoms with E-state index in [4.69, 9.17) is 10.6 Å². The van der Waals surface area contributed by atoms with Gasteiger partial charge in [-0.05, 0) is 18.1 Å². The van der Waals surface area contributed by atoms with E-state index in [0.717, 1.165) is 23.3 Å². The molecule has 5 nitrogen and oxygen atoms in total. The molecule has 1 aromatic carbocycles. The van der Waals surface area contributed by atoms with Crippen LogP contribution in [0.2, 0.25) is 0 Å². The van der Waals surface area contributed by atoms with Crippen LogP contribution in [0.5, 0.6) is 5.75 Å². The Labute approximate surface area is 107 Å². The number of hydrogen-bond donors (Lipinski definition) is 2. The second kappa shape index (κ2) is 5.66. The van der Waals surface area contributed by atoms with Crippen molar-refractivity contribution in [3.63, 3.8) is 0 Å². The highest BCUT2D eigenvalue weighted by Gasteiger charge is 2.14. The summed E-state index contributed by atoms with van der Waals surface area (Å²) in [5.41, 5.74) is 5.00. The zero-order valence-corrected chi connectivity index (χ0v) is 10.6. The van der Waals surface area contributed by atoms with Gasteiger partial charge in [-0.1, -0.05) is 18.2 Å². The number of aryl methyl sites for hydroxylation is 1. The number of hydrazine groups is 1. The van der Waals surface area contributed by atoms with E-state index in [9.17, 15) is 0 Å². The average Bonchev–Trinajstić information content (AvgIpc) is 2.83. The Hall–Kier alpha value is -1.85. The fourth-order valence-corrected chi connectivity index (χ4v) is 1.98. The van der Waals surface area contributed by atoms with Gasteiger partial charge in [-0.2, -0.15) is 5.10 Å². The van der Waals surface area contributed by atoms with Crippen molar-refractivity contribution >= 4 is 0 Å². The summed E-state index contributed by atoms with van der Waals surface area (Å²) in [6.07, 6.45) is 4.53. The van der Waals surface area contributed by atoms with E-state index in [1.165, 1.54) is 0 Å². The number of aromatic nitrogens is 2. The number of methoxy groups -OCH3 is 1. The first kappa shape index (κ1) is 12.6. The van der Waals surface area contributed by atoms with Gasteiger partial charge >= 0.3 is 0 Å². The second-order valence-electron chi connectivity index (χ2n) is 4.18. The van der Waals surface area contributed by atoms with Crippen LogP contribution in [0.3, 0.4) is 0 Å². The smallest absolute Gasteiger partial charge is 0.122 e. The van der Waals surface area contributed by atoms with Crippen LogP contribution in [-0.2, 0) is 13.5 Å². The van der Waals surface area contributed by atoms with Gasteiger partial charge in [0, 0.05) is 18.8 Å². The Morgan fingerprint density at radius 1 is 1.44 bits per heavy atom. The van der Waals surface area contributed by atoms with Crippen LogP contribution >= 0.6 is 0 Å². The van der Waals surface area contributed by atoms with E-state index in [-0.39, 0.29) is 6.04 Å². The van der Waals surface area contributed by atoms with E-state index >= 15 is 0 Å². The lowest BCUT2D eigenvalue weighted by Crippen LogP contribution is -2.29. The summed E-state index contributed by atoms with van der Waals surface area (Å²) in [6.45, 7) is 0. The largest absolute Gasteiger partial charge is 0.496 e. The Morgan fingerprint density at radius 2 is 2.22 bits per heavy atom. The Kier molecular flexibility index (Phi) is 3.96. The summed E-state index contributed by atoms with van der Waals surface area (Å²) in [5, 5.41) is 4.16. The molecule has 1 heterocycles. The highest BCUT2D eigenvalue weighted by molar-refractivity contribution is 5.34. The number of nitrogens with two attached hydrogens (primary N) is 1. The first-order valence-corrected chi connectivity index (χ1v) is 5.81. The van der Waals surface area contributed by atoms with Crippen LogP contribution in [0.4, 0.5) is 0 Å². The lowest BCUT2D eigenvalue weighted by molar-refractivity contribution is 0.405. The molecular weight excluding hydrogens is 228 g/mol. The van der Waals surface area contributed by atoms with Gasteiger partial charge in [0.2, 0.25) is 0 Å². The molecule has 2 aromatic rings. The SMILES string of the molecule is COc1ccccc1CC(NN)c1cnn(C)c1. The van der Waals surface area contributed by atoms with Crippen LogP contribution in [0.1, 0.15) is 17.2 Å². The van der Waals surface area contributed by atoms with Gasteiger partial charge in [-0.25, -0.2) is 0 Å². The van der Waals surface area contributed by atoms with Crippen LogP contribution in [0.15, 0.2) is 36.7 Å². The predicted molar refractivity (Wildman–Crippen MR) is 70.0 cm³/mol. The molecule has 0 aliphatic heterocycles. The van der Waals surface area contributed by atoms with Crippen molar-refractivity contribution in [3.05, 3.63) is 47.8 Å². The third kappa shape index (κ3) is 2.69. The summed E-state index contributed by atoms with van der Waals surface area (Å²) in [6, 6.07) is 7.97. The minimum Gasteiger partial charge on any atom is -0.496 e. The summed E-state index contributed by atoms with van der Waals surface area (Å²) in [5.74, 6) is 6.50. The van der Waals surface area contributed by atoms with Crippen LogP contribution in [-0.4, -0.2) is 16.9 Å². The Morgan fingerprint density at radius 3 is 2.83 bits per heavy atom. The van der Waals surface area contributed by atoms with Crippen molar-refractivity contribution in [1.82, 2.24) is 15.2 Å². The molecule has 0 saturated heterocycles. The lowest BCUT2D eigenvalue weighted by Gasteiger charge is -2.16. The topological polar surface area (TPSA) is 65.1 Å². The van der Waals surface area contributed by atoms with Gasteiger partial charge in [-0.15, -0.1) is 0 Å². The molecule has 96 valence electrons. The third-order valence-electron chi connectivity index (χ3n) is 2.94. The first-order valence-electron chi connectivity index (χ1n) is 5.81. The zero-order valence-electron chi connectivity index (χ0n) is 10.6. The van der Waals surface area contributed by atoms with Crippen molar-refractivity contribution in [2.45, 2.75) is 12.5 Å². The van der Waals surface area contributed by atoms with E-state index < -0.39 is 0 Å². The molecule has 3 N–H and O–H groups in total. The lowest BCUT2D eigenvalue weighted by atomic mass is 10.0. The number of benzene rings is 1. The molecule has 5 heteroatoms. The summed E-state index contributed by atoms with van der Waals surface area (Å²) < 4.78 is 7.11. The molecule has 1 aromatic heterocycles. The van der Waals surface area contributed by atoms with Crippen molar-refractivity contribution < 1.29 is 4.74 Å². The molecule has 18 heavy (non-hydrogen) atoms. The number of para-hydroxylation sites is 1. The van der Waals surface area contributed by atoms with Gasteiger partial charge < -0.3 is 4.74 Å². The zero-order chi connectivity index (χ0) is 13.0. The maximum atomic E-state index is 5.63. The van der Waals surface area contributed by atoms with Crippen LogP contribution < -0.4 is 16.0 Å². The molecule has 0 fully saturated rings. The Bertz CT molecular complexity index is 509. The van der Waals surface area contributed by atoms with Gasteiger partial charge in [0.1, 0.15) is 5.75 Å². The second-order valence-corrected chi connectivity index (χ2v) is 4.18. The molecule has 0 aliphatic carbocycles. The van der Waals surface area contributed by atoms with E-state index in [2.05, 4.69) is 10.5 Å². The minimum absolute atomic E-state index is 0.0231. The van der Waals surface area contributed by atoms with Crippen LogP contribution in [0.25, 0.3) is 0 Å². The average molecular weight is 246 g/mol. The Balaban J connectivity index is 2.20. The summed E-state index contributed by atoms with van der Waals surface area (Å²) >= 11 is 0. The van der Waals surface area contributed by atoms with Gasteiger partial charge in [0.05, 0.1) is 19.3 Å². The quantitative estimate of drug-likeness (QED) is 0.614. The monoisotopic (exact) mass is 246 g/mol. The number of hydrogen-bond acceptors (Lipinski definition) is 4. The standard InChI is InChI=1S/C13H18N4O/c1-17-9-11(8-15-17)12(16-14)7-10-5-3-4-6-13(10)18-2/h3-6,8-9,12,16H,7,14H2,1-2H3. The fraction of sp³-hybridized carbons (Fsp3) is 0.308. The maximum absolute atomic E-state index is 5.63. The van der Waals surface area contributed by atoms with Gasteiger partial charge in [0.25, 0.3) is 0 Å². The first-order chi connectivity index (χ1) is 8.74. The van der Waals surface area contributed by atoms with Crippen molar-refractivity contribution in [3.8, 4) is 5.75 Å². The molecule has 0 aliphatic rings. The number of rotatable bonds is 5. The molecular formula is C13H18N4O. The van der Waals surface area contributed by atoms with E-state index in [1.54, 1.807) is 11.8 Å². The maximum Gasteiger partial charge on any atom is 0.122 e. The van der Waals surface area contributed by atoms with Gasteiger partial charge in [0.15, 0.2) is 0 Å². The van der Waals surface area contributed by atoms with Crippen LogP contribution in [0, 0.1) is 0 Å². The molecule has 0 radical (unpaired) electrons. The third-order valence-corrected chi connectivity index (χ3v) is 2.94. The molecule has 1 atom stereocenters. The molecule has 0 bridgehead atoms. The van der Waals surface area contributed by atoms with Gasteiger partial charge in [-0.3, -0.25) is 16.0 Å². The number of nitrogens with one attached hydrogen (secondary N) is 1. The fourth-order valence-electron chi connectivity index (χ4n) is 1.98. The highest BCUT2D eigenvalue weighted by Crippen LogP contribution is 2.24. The molecule has 2 rings (SSSR count). The normalized spacial score (nSPS) is 12.4. The predicted octanol–water partition coefficient (Wildman–Crippen LogP) is 1.18. The molecule has 0 spiro atoms. The van der Waals surface area contributed by atoms with Crippen molar-refractivity contribution in [1.29, 1.82) is 0 Å². The minimum atomic E-state index is 0.0231. The number of nitrogens with zero attached hydrogens (tertiary/aromatic N) is 2.